The fraction of sp³-hybridized carbons (Fsp3) is 0.400. The second kappa shape index (κ2) is 10.3. The summed E-state index contributed by atoms with van der Waals surface area (Å²) in [6, 6.07) is 0. The molecule has 0 unspecified atom stereocenters. The molecule has 0 saturated heterocycles. The molecule has 0 heteroatoms. The largest absolute Gasteiger partial charge is 0.0961 e. The van der Waals surface area contributed by atoms with Crippen LogP contribution in [0.2, 0.25) is 0 Å². The average Bonchev–Trinajstić information content (AvgIpc) is 2.40. The van der Waals surface area contributed by atoms with Crippen LogP contribution >= 0.6 is 0 Å². The Morgan fingerprint density at radius 2 is 1.60 bits per heavy atom. The molecular weight excluding hydrogens is 240 g/mol. The number of allylic oxidation sites excluding steroid dienone is 10. The van der Waals surface area contributed by atoms with Crippen LogP contribution in [-0.4, -0.2) is 0 Å². The summed E-state index contributed by atoms with van der Waals surface area (Å²) >= 11 is 0. The van der Waals surface area contributed by atoms with E-state index >= 15 is 0 Å². The standard InChI is InChI=1S/C20H30/c1-8-10-11-20(18(7)9-2)15-14-19(17(5)6)13-12-16(3)4/h10-14H,3,5,8-9,15H2,1-2,4,6-7H3/b11-10-,13-12-,19-14+,20-18+. The predicted octanol–water partition coefficient (Wildman–Crippen LogP) is 6.70. The molecule has 0 rings (SSSR count). The molecule has 20 heavy (non-hydrogen) atoms. The lowest BCUT2D eigenvalue weighted by Gasteiger charge is -2.07. The Labute approximate surface area is 126 Å². The molecule has 0 aromatic heterocycles. The normalized spacial score (nSPS) is 13.9. The predicted molar refractivity (Wildman–Crippen MR) is 93.9 cm³/mol. The third-order valence-corrected chi connectivity index (χ3v) is 3.22. The zero-order valence-electron chi connectivity index (χ0n) is 13.9. The van der Waals surface area contributed by atoms with Crippen molar-refractivity contribution in [1.29, 1.82) is 0 Å². The summed E-state index contributed by atoms with van der Waals surface area (Å²) in [5, 5.41) is 0. The Morgan fingerprint density at radius 1 is 0.950 bits per heavy atom. The molecule has 0 amide bonds. The second-order valence-corrected chi connectivity index (χ2v) is 5.29. The van der Waals surface area contributed by atoms with E-state index in [1.807, 2.05) is 19.9 Å². The first kappa shape index (κ1) is 18.4. The summed E-state index contributed by atoms with van der Waals surface area (Å²) in [5.41, 5.74) is 6.21. The van der Waals surface area contributed by atoms with Gasteiger partial charge in [-0.2, -0.15) is 0 Å². The Morgan fingerprint density at radius 3 is 2.05 bits per heavy atom. The van der Waals surface area contributed by atoms with Crippen molar-refractivity contribution in [2.45, 2.75) is 53.9 Å². The van der Waals surface area contributed by atoms with Crippen LogP contribution in [0.3, 0.4) is 0 Å². The summed E-state index contributed by atoms with van der Waals surface area (Å²) in [6.07, 6.45) is 14.0. The first-order valence-corrected chi connectivity index (χ1v) is 7.47. The monoisotopic (exact) mass is 270 g/mol. The molecule has 0 aliphatic carbocycles. The van der Waals surface area contributed by atoms with Crippen molar-refractivity contribution in [3.05, 3.63) is 71.4 Å². The van der Waals surface area contributed by atoms with Gasteiger partial charge in [-0.3, -0.25) is 0 Å². The van der Waals surface area contributed by atoms with E-state index in [1.54, 1.807) is 0 Å². The molecule has 0 aromatic carbocycles. The summed E-state index contributed by atoms with van der Waals surface area (Å²) in [5.74, 6) is 0. The van der Waals surface area contributed by atoms with E-state index in [9.17, 15) is 0 Å². The van der Waals surface area contributed by atoms with Crippen LogP contribution in [-0.2, 0) is 0 Å². The molecule has 110 valence electrons. The van der Waals surface area contributed by atoms with Crippen molar-refractivity contribution in [3.8, 4) is 0 Å². The average molecular weight is 270 g/mol. The Hall–Kier alpha value is -1.56. The van der Waals surface area contributed by atoms with E-state index in [0.29, 0.717) is 0 Å². The molecule has 0 spiro atoms. The van der Waals surface area contributed by atoms with Crippen LogP contribution in [0.4, 0.5) is 0 Å². The Balaban J connectivity index is 5.20. The van der Waals surface area contributed by atoms with Crippen LogP contribution in [0.25, 0.3) is 0 Å². The fourth-order valence-corrected chi connectivity index (χ4v) is 1.71. The zero-order chi connectivity index (χ0) is 15.5. The highest BCUT2D eigenvalue weighted by Gasteiger charge is 1.98. The van der Waals surface area contributed by atoms with Crippen LogP contribution in [0.5, 0.6) is 0 Å². The van der Waals surface area contributed by atoms with Gasteiger partial charge in [-0.25, -0.2) is 0 Å². The minimum absolute atomic E-state index is 0.957. The highest BCUT2D eigenvalue weighted by Crippen LogP contribution is 2.18. The second-order valence-electron chi connectivity index (χ2n) is 5.29. The molecule has 0 bridgehead atoms. The van der Waals surface area contributed by atoms with Gasteiger partial charge in [0.1, 0.15) is 0 Å². The van der Waals surface area contributed by atoms with Crippen molar-refractivity contribution in [1.82, 2.24) is 0 Å². The zero-order valence-corrected chi connectivity index (χ0v) is 13.9. The first-order valence-electron chi connectivity index (χ1n) is 7.47. The number of hydrogen-bond acceptors (Lipinski definition) is 0. The molecule has 0 saturated carbocycles. The van der Waals surface area contributed by atoms with Gasteiger partial charge in [-0.05, 0) is 51.2 Å². The molecule has 0 aromatic rings. The molecular formula is C20H30. The van der Waals surface area contributed by atoms with E-state index in [0.717, 1.165) is 30.4 Å². The van der Waals surface area contributed by atoms with Gasteiger partial charge in [0.05, 0.1) is 0 Å². The maximum Gasteiger partial charge on any atom is -0.00890 e. The van der Waals surface area contributed by atoms with Gasteiger partial charge < -0.3 is 0 Å². The van der Waals surface area contributed by atoms with Gasteiger partial charge in [-0.1, -0.05) is 74.1 Å². The highest BCUT2D eigenvalue weighted by molar-refractivity contribution is 5.40. The maximum absolute atomic E-state index is 4.06. The van der Waals surface area contributed by atoms with Gasteiger partial charge in [0.15, 0.2) is 0 Å². The summed E-state index contributed by atoms with van der Waals surface area (Å²) in [7, 11) is 0. The molecule has 0 fully saturated rings. The van der Waals surface area contributed by atoms with Gasteiger partial charge in [0.2, 0.25) is 0 Å². The van der Waals surface area contributed by atoms with Gasteiger partial charge in [0, 0.05) is 0 Å². The molecule has 0 nitrogen and oxygen atoms in total. The quantitative estimate of drug-likeness (QED) is 0.430. The maximum atomic E-state index is 4.06. The number of hydrogen-bond donors (Lipinski definition) is 0. The third-order valence-electron chi connectivity index (χ3n) is 3.22. The topological polar surface area (TPSA) is 0 Å². The van der Waals surface area contributed by atoms with E-state index in [-0.39, 0.29) is 0 Å². The van der Waals surface area contributed by atoms with Gasteiger partial charge in [-0.15, -0.1) is 0 Å². The molecule has 0 aliphatic heterocycles. The Kier molecular flexibility index (Phi) is 9.45. The first-order chi connectivity index (χ1) is 9.42. The van der Waals surface area contributed by atoms with Crippen molar-refractivity contribution >= 4 is 0 Å². The summed E-state index contributed by atoms with van der Waals surface area (Å²) in [6.45, 7) is 18.6. The van der Waals surface area contributed by atoms with Crippen LogP contribution in [0.15, 0.2) is 71.4 Å². The number of rotatable bonds is 8. The van der Waals surface area contributed by atoms with E-state index in [1.165, 1.54) is 16.7 Å². The van der Waals surface area contributed by atoms with Crippen molar-refractivity contribution in [2.75, 3.05) is 0 Å². The Bertz CT molecular complexity index is 450. The van der Waals surface area contributed by atoms with E-state index in [2.05, 4.69) is 58.2 Å². The summed E-state index contributed by atoms with van der Waals surface area (Å²) in [4.78, 5) is 0. The molecule has 0 atom stereocenters. The fourth-order valence-electron chi connectivity index (χ4n) is 1.71. The van der Waals surface area contributed by atoms with Crippen LogP contribution in [0, 0.1) is 0 Å². The molecule has 0 heterocycles. The summed E-state index contributed by atoms with van der Waals surface area (Å²) < 4.78 is 0. The van der Waals surface area contributed by atoms with Gasteiger partial charge >= 0.3 is 0 Å². The van der Waals surface area contributed by atoms with Crippen molar-refractivity contribution in [2.24, 2.45) is 0 Å². The lowest BCUT2D eigenvalue weighted by molar-refractivity contribution is 1.04. The van der Waals surface area contributed by atoms with Crippen molar-refractivity contribution < 1.29 is 0 Å². The molecule has 0 N–H and O–H groups in total. The molecule has 0 radical (unpaired) electrons. The molecule has 0 aliphatic rings. The highest BCUT2D eigenvalue weighted by atomic mass is 14.0. The third kappa shape index (κ3) is 7.78. The van der Waals surface area contributed by atoms with E-state index in [4.69, 9.17) is 0 Å². The SMILES string of the molecule is C=C(C)/C=C\C(=C/CC(/C=C\CC)=C(\C)CC)C(=C)C. The van der Waals surface area contributed by atoms with E-state index < -0.39 is 0 Å². The minimum Gasteiger partial charge on any atom is -0.0961 e. The van der Waals surface area contributed by atoms with Crippen LogP contribution < -0.4 is 0 Å². The van der Waals surface area contributed by atoms with Crippen LogP contribution in [0.1, 0.15) is 53.9 Å². The smallest absolute Gasteiger partial charge is 0.00890 e. The van der Waals surface area contributed by atoms with Crippen molar-refractivity contribution in [3.63, 3.8) is 0 Å². The van der Waals surface area contributed by atoms with Gasteiger partial charge in [0.25, 0.3) is 0 Å². The lowest BCUT2D eigenvalue weighted by atomic mass is 9.99. The minimum atomic E-state index is 0.957. The lowest BCUT2D eigenvalue weighted by Crippen LogP contribution is -1.87.